The van der Waals surface area contributed by atoms with Crippen molar-refractivity contribution in [3.05, 3.63) is 17.5 Å². The summed E-state index contributed by atoms with van der Waals surface area (Å²) in [6, 6.07) is 2.04. The van der Waals surface area contributed by atoms with Crippen LogP contribution in [0.2, 0.25) is 0 Å². The van der Waals surface area contributed by atoms with Crippen molar-refractivity contribution in [2.45, 2.75) is 26.8 Å². The fourth-order valence-corrected chi connectivity index (χ4v) is 1.70. The van der Waals surface area contributed by atoms with E-state index in [1.54, 1.807) is 7.11 Å². The number of hydrogen-bond donors (Lipinski definition) is 3. The second-order valence-electron chi connectivity index (χ2n) is 4.05. The van der Waals surface area contributed by atoms with Gasteiger partial charge in [0.2, 0.25) is 5.95 Å². The first-order valence-corrected chi connectivity index (χ1v) is 6.06. The number of aryl methyl sites for hydroxylation is 2. The molecule has 0 aromatic carbocycles. The number of aromatic nitrogens is 2. The Morgan fingerprint density at radius 2 is 2.00 bits per heavy atom. The maximum absolute atomic E-state index is 5.11. The van der Waals surface area contributed by atoms with E-state index in [0.717, 1.165) is 11.4 Å². The van der Waals surface area contributed by atoms with Crippen molar-refractivity contribution in [3.8, 4) is 0 Å². The summed E-state index contributed by atoms with van der Waals surface area (Å²) in [5, 5.41) is 3.53. The highest BCUT2D eigenvalue weighted by atomic mass is 32.1. The van der Waals surface area contributed by atoms with Gasteiger partial charge < -0.3 is 10.1 Å². The van der Waals surface area contributed by atoms with E-state index in [2.05, 4.69) is 26.1 Å². The molecule has 3 N–H and O–H groups in total. The fraction of sp³-hybridized carbons (Fsp3) is 0.545. The number of rotatable bonds is 5. The molecule has 0 amide bonds. The zero-order valence-electron chi connectivity index (χ0n) is 11.1. The first-order valence-electron chi connectivity index (χ1n) is 5.65. The van der Waals surface area contributed by atoms with E-state index in [1.807, 2.05) is 26.8 Å². The molecular weight excluding hydrogens is 250 g/mol. The van der Waals surface area contributed by atoms with E-state index in [1.165, 1.54) is 0 Å². The van der Waals surface area contributed by atoms with Gasteiger partial charge in [0.25, 0.3) is 0 Å². The lowest BCUT2D eigenvalue weighted by Crippen LogP contribution is -2.44. The van der Waals surface area contributed by atoms with E-state index < -0.39 is 0 Å². The molecule has 0 aliphatic heterocycles. The van der Waals surface area contributed by atoms with Gasteiger partial charge in [0.1, 0.15) is 0 Å². The van der Waals surface area contributed by atoms with Crippen LogP contribution < -0.4 is 16.2 Å². The van der Waals surface area contributed by atoms with Crippen LogP contribution in [0.5, 0.6) is 0 Å². The minimum Gasteiger partial charge on any atom is -0.383 e. The summed E-state index contributed by atoms with van der Waals surface area (Å²) in [5.41, 5.74) is 7.49. The van der Waals surface area contributed by atoms with Gasteiger partial charge in [-0.25, -0.2) is 9.97 Å². The Morgan fingerprint density at radius 1 is 1.39 bits per heavy atom. The van der Waals surface area contributed by atoms with Crippen LogP contribution in [0.3, 0.4) is 0 Å². The first kappa shape index (κ1) is 14.6. The van der Waals surface area contributed by atoms with Crippen molar-refractivity contribution in [1.82, 2.24) is 20.7 Å². The number of hydrazine groups is 1. The lowest BCUT2D eigenvalue weighted by molar-refractivity contribution is 0.179. The van der Waals surface area contributed by atoms with Crippen LogP contribution in [0.4, 0.5) is 5.95 Å². The van der Waals surface area contributed by atoms with Gasteiger partial charge >= 0.3 is 0 Å². The maximum atomic E-state index is 5.11. The number of anilines is 1. The average Bonchev–Trinajstić information content (AvgIpc) is 2.25. The van der Waals surface area contributed by atoms with Crippen LogP contribution in [-0.4, -0.2) is 34.8 Å². The molecule has 1 heterocycles. The highest BCUT2D eigenvalue weighted by molar-refractivity contribution is 7.80. The number of hydrogen-bond acceptors (Lipinski definition) is 5. The normalized spacial score (nSPS) is 11.8. The van der Waals surface area contributed by atoms with Gasteiger partial charge in [-0.05, 0) is 39.1 Å². The summed E-state index contributed by atoms with van der Waals surface area (Å²) in [4.78, 5) is 8.45. The zero-order chi connectivity index (χ0) is 13.5. The molecule has 18 heavy (non-hydrogen) atoms. The molecule has 1 atom stereocenters. The summed E-state index contributed by atoms with van der Waals surface area (Å²) in [6.45, 7) is 6.39. The third kappa shape index (κ3) is 5.24. The molecule has 1 aromatic heterocycles. The lowest BCUT2D eigenvalue weighted by atomic mass is 10.4. The summed E-state index contributed by atoms with van der Waals surface area (Å²) in [6.07, 6.45) is 0. The number of ether oxygens (including phenoxy) is 1. The van der Waals surface area contributed by atoms with Crippen molar-refractivity contribution in [1.29, 1.82) is 0 Å². The Labute approximate surface area is 113 Å². The van der Waals surface area contributed by atoms with Gasteiger partial charge in [-0.1, -0.05) is 0 Å². The minimum atomic E-state index is 0.136. The Bertz CT molecular complexity index is 392. The van der Waals surface area contributed by atoms with Gasteiger partial charge in [0.05, 0.1) is 6.61 Å². The van der Waals surface area contributed by atoms with Crippen molar-refractivity contribution < 1.29 is 4.74 Å². The molecule has 0 aliphatic carbocycles. The molecule has 1 aromatic rings. The second kappa shape index (κ2) is 7.07. The number of nitrogens with zero attached hydrogens (tertiary/aromatic N) is 2. The maximum Gasteiger partial charge on any atom is 0.242 e. The molecule has 6 nitrogen and oxygen atoms in total. The van der Waals surface area contributed by atoms with Crippen molar-refractivity contribution in [2.24, 2.45) is 0 Å². The molecule has 7 heteroatoms. The number of nitrogens with one attached hydrogen (secondary N) is 3. The van der Waals surface area contributed by atoms with E-state index >= 15 is 0 Å². The van der Waals surface area contributed by atoms with E-state index in [4.69, 9.17) is 17.0 Å². The predicted octanol–water partition coefficient (Wildman–Crippen LogP) is 0.919. The molecule has 0 saturated carbocycles. The van der Waals surface area contributed by atoms with Crippen molar-refractivity contribution in [2.75, 3.05) is 19.1 Å². The molecule has 0 aliphatic rings. The molecule has 0 saturated heterocycles. The second-order valence-corrected chi connectivity index (χ2v) is 4.46. The van der Waals surface area contributed by atoms with Crippen LogP contribution in [0.1, 0.15) is 18.3 Å². The van der Waals surface area contributed by atoms with Gasteiger partial charge in [0, 0.05) is 24.5 Å². The largest absolute Gasteiger partial charge is 0.383 e. The highest BCUT2D eigenvalue weighted by Crippen LogP contribution is 2.01. The summed E-state index contributed by atoms with van der Waals surface area (Å²) in [7, 11) is 1.65. The predicted molar refractivity (Wildman–Crippen MR) is 75.3 cm³/mol. The van der Waals surface area contributed by atoms with Crippen LogP contribution >= 0.6 is 12.2 Å². The Morgan fingerprint density at radius 3 is 2.56 bits per heavy atom. The molecule has 100 valence electrons. The Hall–Kier alpha value is -1.47. The molecule has 1 rings (SSSR count). The van der Waals surface area contributed by atoms with E-state index in [9.17, 15) is 0 Å². The van der Waals surface area contributed by atoms with Crippen LogP contribution in [0.25, 0.3) is 0 Å². The molecule has 0 fully saturated rings. The first-order chi connectivity index (χ1) is 8.51. The molecule has 0 spiro atoms. The summed E-state index contributed by atoms with van der Waals surface area (Å²) >= 11 is 5.11. The van der Waals surface area contributed by atoms with Crippen molar-refractivity contribution in [3.63, 3.8) is 0 Å². The quantitative estimate of drug-likeness (QED) is 0.542. The van der Waals surface area contributed by atoms with Crippen LogP contribution in [-0.2, 0) is 4.74 Å². The Balaban J connectivity index is 2.42. The monoisotopic (exact) mass is 269 g/mol. The van der Waals surface area contributed by atoms with Gasteiger partial charge in [-0.15, -0.1) is 0 Å². The highest BCUT2D eigenvalue weighted by Gasteiger charge is 2.04. The average molecular weight is 269 g/mol. The fourth-order valence-electron chi connectivity index (χ4n) is 1.45. The molecule has 0 bridgehead atoms. The van der Waals surface area contributed by atoms with Gasteiger partial charge in [0.15, 0.2) is 5.11 Å². The Kier molecular flexibility index (Phi) is 5.73. The van der Waals surface area contributed by atoms with Crippen LogP contribution in [0, 0.1) is 13.8 Å². The zero-order valence-corrected chi connectivity index (χ0v) is 11.9. The van der Waals surface area contributed by atoms with Crippen LogP contribution in [0.15, 0.2) is 6.07 Å². The SMILES string of the molecule is COC[C@H](C)NC(=S)NNc1nc(C)cc(C)n1. The van der Waals surface area contributed by atoms with Gasteiger partial charge in [-0.2, -0.15) is 0 Å². The molecule has 0 unspecified atom stereocenters. The smallest absolute Gasteiger partial charge is 0.242 e. The molecule has 0 radical (unpaired) electrons. The molecular formula is C11H19N5OS. The van der Waals surface area contributed by atoms with Gasteiger partial charge in [-0.3, -0.25) is 10.9 Å². The summed E-state index contributed by atoms with van der Waals surface area (Å²) in [5.74, 6) is 0.496. The third-order valence-corrected chi connectivity index (χ3v) is 2.28. The number of thiocarbonyl (C=S) groups is 1. The van der Waals surface area contributed by atoms with E-state index in [0.29, 0.717) is 17.7 Å². The number of methoxy groups -OCH3 is 1. The third-order valence-electron chi connectivity index (χ3n) is 2.06. The minimum absolute atomic E-state index is 0.136. The topological polar surface area (TPSA) is 71.1 Å². The lowest BCUT2D eigenvalue weighted by Gasteiger charge is -2.16. The summed E-state index contributed by atoms with van der Waals surface area (Å²) < 4.78 is 5.00. The standard InChI is InChI=1S/C11H19N5OS/c1-7-5-8(2)13-10(12-7)15-16-11(18)14-9(3)6-17-4/h5,9H,6H2,1-4H3,(H,12,13,15)(H2,14,16,18)/t9-/m0/s1. The van der Waals surface area contributed by atoms with E-state index in [-0.39, 0.29) is 6.04 Å². The van der Waals surface area contributed by atoms with Crippen molar-refractivity contribution >= 4 is 23.3 Å².